The summed E-state index contributed by atoms with van der Waals surface area (Å²) < 4.78 is 14.7. The summed E-state index contributed by atoms with van der Waals surface area (Å²) in [4.78, 5) is 4.36. The van der Waals surface area contributed by atoms with Gasteiger partial charge >= 0.3 is 0 Å². The third-order valence-electron chi connectivity index (χ3n) is 6.40. The molecule has 0 fully saturated rings. The minimum atomic E-state index is -2.91. The molecule has 4 heteroatoms. The first-order chi connectivity index (χ1) is 15.6. The van der Waals surface area contributed by atoms with E-state index in [2.05, 4.69) is 77.8 Å². The van der Waals surface area contributed by atoms with Crippen LogP contribution in [0.5, 0.6) is 0 Å². The maximum atomic E-state index is 14.7. The Balaban J connectivity index is 1.45. The molecule has 4 aromatic rings. The normalized spacial score (nSPS) is 18.7. The van der Waals surface area contributed by atoms with Gasteiger partial charge in [0.1, 0.15) is 0 Å². The van der Waals surface area contributed by atoms with Crippen LogP contribution in [0.2, 0.25) is 0 Å². The van der Waals surface area contributed by atoms with Crippen LogP contribution < -0.4 is 20.8 Å². The predicted molar refractivity (Wildman–Crippen MR) is 135 cm³/mol. The molecular formula is C28H23N2OP. The smallest absolute Gasteiger partial charge is 0.172 e. The minimum Gasteiger partial charge on any atom is -0.361 e. The molecule has 0 aromatic heterocycles. The molecule has 3 nitrogen and oxygen atoms in total. The van der Waals surface area contributed by atoms with Crippen LogP contribution in [-0.2, 0) is 4.57 Å². The minimum absolute atomic E-state index is 0.858. The predicted octanol–water partition coefficient (Wildman–Crippen LogP) is 5.15. The summed E-state index contributed by atoms with van der Waals surface area (Å²) in [6, 6.07) is 33.1. The maximum absolute atomic E-state index is 14.7. The lowest BCUT2D eigenvalue weighted by Crippen LogP contribution is -2.21. The van der Waals surface area contributed by atoms with Gasteiger partial charge in [0.05, 0.1) is 6.67 Å². The Hall–Kier alpha value is -3.55. The second-order valence-corrected chi connectivity index (χ2v) is 11.1. The number of benzene rings is 4. The van der Waals surface area contributed by atoms with Gasteiger partial charge in [-0.1, -0.05) is 78.9 Å². The van der Waals surface area contributed by atoms with E-state index < -0.39 is 7.14 Å². The highest BCUT2D eigenvalue weighted by molar-refractivity contribution is 7.86. The van der Waals surface area contributed by atoms with Gasteiger partial charge in [0, 0.05) is 41.0 Å². The molecule has 0 saturated carbocycles. The van der Waals surface area contributed by atoms with E-state index in [1.54, 1.807) is 0 Å². The molecule has 0 N–H and O–H groups in total. The highest BCUT2D eigenvalue weighted by Gasteiger charge is 2.40. The summed E-state index contributed by atoms with van der Waals surface area (Å²) in [5.41, 5.74) is 5.55. The Morgan fingerprint density at radius 1 is 0.688 bits per heavy atom. The van der Waals surface area contributed by atoms with Gasteiger partial charge in [-0.25, -0.2) is 0 Å². The number of fused-ring (bicyclic) bond motifs is 3. The Morgan fingerprint density at radius 3 is 2.12 bits per heavy atom. The van der Waals surface area contributed by atoms with Crippen molar-refractivity contribution in [3.05, 3.63) is 109 Å². The molecule has 0 amide bonds. The fourth-order valence-corrected chi connectivity index (χ4v) is 7.86. The molecule has 156 valence electrons. The molecule has 2 heterocycles. The molecule has 32 heavy (non-hydrogen) atoms. The standard InChI is InChI=1S/C28H23N2OP/c1-29-17-18-30(20-29)23-14-11-21(12-15-23)22-13-16-26-25-9-5-6-10-27(25)32(31,28(26)19-22)24-7-3-2-4-8-24/h2-19H,20H2,1H3. The van der Waals surface area contributed by atoms with E-state index in [0.717, 1.165) is 50.5 Å². The van der Waals surface area contributed by atoms with Gasteiger partial charge in [0.25, 0.3) is 0 Å². The van der Waals surface area contributed by atoms with Crippen molar-refractivity contribution >= 4 is 28.7 Å². The van der Waals surface area contributed by atoms with Crippen LogP contribution in [0.15, 0.2) is 109 Å². The summed E-state index contributed by atoms with van der Waals surface area (Å²) in [7, 11) is -0.838. The Morgan fingerprint density at radius 2 is 1.38 bits per heavy atom. The second-order valence-electron chi connectivity index (χ2n) is 8.41. The molecule has 0 radical (unpaired) electrons. The van der Waals surface area contributed by atoms with Crippen LogP contribution in [0, 0.1) is 0 Å². The zero-order valence-corrected chi connectivity index (χ0v) is 18.7. The van der Waals surface area contributed by atoms with E-state index in [1.807, 2.05) is 48.5 Å². The van der Waals surface area contributed by atoms with E-state index in [4.69, 9.17) is 0 Å². The summed E-state index contributed by atoms with van der Waals surface area (Å²) >= 11 is 0. The lowest BCUT2D eigenvalue weighted by molar-refractivity contribution is 0.496. The fourth-order valence-electron chi connectivity index (χ4n) is 4.76. The van der Waals surface area contributed by atoms with Crippen LogP contribution in [0.4, 0.5) is 5.69 Å². The van der Waals surface area contributed by atoms with Crippen LogP contribution in [0.25, 0.3) is 22.3 Å². The van der Waals surface area contributed by atoms with Gasteiger partial charge < -0.3 is 14.4 Å². The van der Waals surface area contributed by atoms with E-state index in [1.165, 1.54) is 0 Å². The number of hydrogen-bond acceptors (Lipinski definition) is 3. The zero-order valence-electron chi connectivity index (χ0n) is 17.8. The van der Waals surface area contributed by atoms with Crippen molar-refractivity contribution in [3.63, 3.8) is 0 Å². The summed E-state index contributed by atoms with van der Waals surface area (Å²) in [6.07, 6.45) is 4.17. The van der Waals surface area contributed by atoms with Crippen LogP contribution in [0.3, 0.4) is 0 Å². The topological polar surface area (TPSA) is 23.6 Å². The molecule has 0 saturated heterocycles. The first-order valence-corrected chi connectivity index (χ1v) is 12.5. The lowest BCUT2D eigenvalue weighted by atomic mass is 10.0. The molecular weight excluding hydrogens is 411 g/mol. The maximum Gasteiger partial charge on any atom is 0.172 e. The average Bonchev–Trinajstić information content (AvgIpc) is 3.40. The molecule has 2 aliphatic heterocycles. The van der Waals surface area contributed by atoms with Crippen molar-refractivity contribution in [2.45, 2.75) is 0 Å². The number of rotatable bonds is 3. The number of anilines is 1. The highest BCUT2D eigenvalue weighted by Crippen LogP contribution is 2.52. The molecule has 0 aliphatic carbocycles. The first kappa shape index (κ1) is 19.2. The Bertz CT molecular complexity index is 1390. The van der Waals surface area contributed by atoms with Gasteiger partial charge in [-0.15, -0.1) is 0 Å². The largest absolute Gasteiger partial charge is 0.361 e. The second kappa shape index (κ2) is 7.25. The molecule has 4 aromatic carbocycles. The quantitative estimate of drug-likeness (QED) is 0.367. The fraction of sp³-hybridized carbons (Fsp3) is 0.0714. The van der Waals surface area contributed by atoms with Gasteiger partial charge in [-0.2, -0.15) is 0 Å². The van der Waals surface area contributed by atoms with Crippen molar-refractivity contribution < 1.29 is 4.57 Å². The monoisotopic (exact) mass is 434 g/mol. The molecule has 1 unspecified atom stereocenters. The molecule has 2 aliphatic rings. The van der Waals surface area contributed by atoms with Crippen molar-refractivity contribution in [3.8, 4) is 22.3 Å². The highest BCUT2D eigenvalue weighted by atomic mass is 31.2. The van der Waals surface area contributed by atoms with E-state index in [-0.39, 0.29) is 0 Å². The van der Waals surface area contributed by atoms with Crippen molar-refractivity contribution in [1.29, 1.82) is 0 Å². The van der Waals surface area contributed by atoms with E-state index in [0.29, 0.717) is 0 Å². The van der Waals surface area contributed by atoms with Crippen molar-refractivity contribution in [1.82, 2.24) is 4.90 Å². The number of hydrogen-bond donors (Lipinski definition) is 0. The van der Waals surface area contributed by atoms with Crippen LogP contribution >= 0.6 is 7.14 Å². The molecule has 6 rings (SSSR count). The van der Waals surface area contributed by atoms with Gasteiger partial charge in [0.15, 0.2) is 7.14 Å². The molecule has 0 bridgehead atoms. The van der Waals surface area contributed by atoms with Crippen LogP contribution in [0.1, 0.15) is 0 Å². The number of nitrogens with zero attached hydrogens (tertiary/aromatic N) is 2. The molecule has 0 spiro atoms. The molecule has 1 atom stereocenters. The zero-order chi connectivity index (χ0) is 21.7. The Kier molecular flexibility index (Phi) is 4.34. The first-order valence-electron chi connectivity index (χ1n) is 10.8. The van der Waals surface area contributed by atoms with Crippen molar-refractivity contribution in [2.24, 2.45) is 0 Å². The summed E-state index contributed by atoms with van der Waals surface area (Å²) in [6.45, 7) is 0.858. The van der Waals surface area contributed by atoms with Gasteiger partial charge in [0.2, 0.25) is 0 Å². The summed E-state index contributed by atoms with van der Waals surface area (Å²) in [5, 5.41) is 2.78. The van der Waals surface area contributed by atoms with Gasteiger partial charge in [-0.05, 0) is 40.5 Å². The van der Waals surface area contributed by atoms with E-state index in [9.17, 15) is 4.57 Å². The van der Waals surface area contributed by atoms with E-state index >= 15 is 0 Å². The lowest BCUT2D eigenvalue weighted by Gasteiger charge is -2.19. The van der Waals surface area contributed by atoms with Crippen LogP contribution in [-0.4, -0.2) is 18.6 Å². The van der Waals surface area contributed by atoms with Gasteiger partial charge in [-0.3, -0.25) is 0 Å². The SMILES string of the molecule is CN1C=CN(c2ccc(-c3ccc4c(c3)P(=O)(c3ccccc3)c3ccccc3-4)cc2)C1. The average molecular weight is 434 g/mol. The third kappa shape index (κ3) is 2.86. The van der Waals surface area contributed by atoms with Crippen molar-refractivity contribution in [2.75, 3.05) is 18.6 Å². The third-order valence-corrected chi connectivity index (χ3v) is 9.54. The Labute approximate surface area is 188 Å². The summed E-state index contributed by atoms with van der Waals surface area (Å²) in [5.74, 6) is 0.